The summed E-state index contributed by atoms with van der Waals surface area (Å²) >= 11 is 0. The third kappa shape index (κ3) is 4.00. The van der Waals surface area contributed by atoms with Crippen LogP contribution in [0.25, 0.3) is 22.4 Å². The van der Waals surface area contributed by atoms with E-state index in [1.807, 2.05) is 31.3 Å². The third-order valence-corrected chi connectivity index (χ3v) is 6.51. The first-order chi connectivity index (χ1) is 16.0. The molecule has 0 spiro atoms. The Morgan fingerprint density at radius 1 is 1.03 bits per heavy atom. The number of imidazole rings is 1. The van der Waals surface area contributed by atoms with E-state index in [1.165, 1.54) is 4.90 Å². The predicted molar refractivity (Wildman–Crippen MR) is 124 cm³/mol. The average molecular weight is 450 g/mol. The van der Waals surface area contributed by atoms with Crippen molar-refractivity contribution in [2.45, 2.75) is 6.04 Å². The summed E-state index contributed by atoms with van der Waals surface area (Å²) < 4.78 is 7.48. The zero-order chi connectivity index (χ0) is 22.9. The first-order valence-electron chi connectivity index (χ1n) is 11.2. The summed E-state index contributed by atoms with van der Waals surface area (Å²) in [5.74, 6) is 0.739. The van der Waals surface area contributed by atoms with Crippen molar-refractivity contribution in [1.29, 1.82) is 0 Å². The second-order valence-electron chi connectivity index (χ2n) is 8.41. The summed E-state index contributed by atoms with van der Waals surface area (Å²) in [5.41, 5.74) is 4.18. The Morgan fingerprint density at radius 2 is 1.82 bits per heavy atom. The molecule has 0 saturated carbocycles. The van der Waals surface area contributed by atoms with Gasteiger partial charge >= 0.3 is 6.09 Å². The quantitative estimate of drug-likeness (QED) is 0.660. The number of anilines is 1. The molecule has 2 saturated heterocycles. The number of ether oxygens (including phenoxy) is 1. The van der Waals surface area contributed by atoms with Crippen LogP contribution in [0.3, 0.4) is 0 Å². The SMILES string of the molecule is Cn1c(-c2cccc(N3CCN(C(=O)C4COCCN4C(=O)O)CC3)c2)nc2ccccc21. The number of para-hydroxylation sites is 2. The summed E-state index contributed by atoms with van der Waals surface area (Å²) in [6.45, 7) is 3.10. The molecular formula is C24H27N5O4. The molecule has 9 heteroatoms. The molecule has 1 N–H and O–H groups in total. The van der Waals surface area contributed by atoms with Crippen molar-refractivity contribution >= 4 is 28.7 Å². The van der Waals surface area contributed by atoms with E-state index in [4.69, 9.17) is 9.72 Å². The van der Waals surface area contributed by atoms with Crippen molar-refractivity contribution < 1.29 is 19.4 Å². The minimum atomic E-state index is -1.07. The molecule has 3 heterocycles. The number of carbonyl (C=O) groups excluding carboxylic acids is 1. The lowest BCUT2D eigenvalue weighted by molar-refractivity contribution is -0.142. The van der Waals surface area contributed by atoms with Crippen LogP contribution in [0.4, 0.5) is 10.5 Å². The van der Waals surface area contributed by atoms with E-state index in [2.05, 4.69) is 33.7 Å². The highest BCUT2D eigenvalue weighted by molar-refractivity contribution is 5.86. The van der Waals surface area contributed by atoms with Crippen molar-refractivity contribution in [3.8, 4) is 11.4 Å². The van der Waals surface area contributed by atoms with Gasteiger partial charge in [0.15, 0.2) is 0 Å². The Morgan fingerprint density at radius 3 is 2.58 bits per heavy atom. The molecule has 1 aromatic heterocycles. The summed E-state index contributed by atoms with van der Waals surface area (Å²) in [7, 11) is 2.02. The molecule has 0 aliphatic carbocycles. The lowest BCUT2D eigenvalue weighted by atomic mass is 10.1. The lowest BCUT2D eigenvalue weighted by Crippen LogP contribution is -2.59. The van der Waals surface area contributed by atoms with Gasteiger partial charge in [0.25, 0.3) is 0 Å². The fraction of sp³-hybridized carbons (Fsp3) is 0.375. The van der Waals surface area contributed by atoms with Crippen LogP contribution < -0.4 is 4.90 Å². The second-order valence-corrected chi connectivity index (χ2v) is 8.41. The van der Waals surface area contributed by atoms with Gasteiger partial charge in [0.1, 0.15) is 11.9 Å². The zero-order valence-electron chi connectivity index (χ0n) is 18.6. The van der Waals surface area contributed by atoms with Crippen molar-refractivity contribution in [3.63, 3.8) is 0 Å². The van der Waals surface area contributed by atoms with Crippen molar-refractivity contribution in [2.75, 3.05) is 50.8 Å². The number of amides is 2. The van der Waals surface area contributed by atoms with Gasteiger partial charge in [-0.3, -0.25) is 9.69 Å². The van der Waals surface area contributed by atoms with Crippen molar-refractivity contribution in [2.24, 2.45) is 7.05 Å². The maximum absolute atomic E-state index is 13.0. The van der Waals surface area contributed by atoms with Gasteiger partial charge in [0.05, 0.1) is 24.2 Å². The Bertz CT molecular complexity index is 1180. The molecule has 2 fully saturated rings. The van der Waals surface area contributed by atoms with Gasteiger partial charge in [-0.15, -0.1) is 0 Å². The summed E-state index contributed by atoms with van der Waals surface area (Å²) in [5, 5.41) is 9.42. The van der Waals surface area contributed by atoms with Gasteiger partial charge < -0.3 is 24.2 Å². The summed E-state index contributed by atoms with van der Waals surface area (Å²) in [6.07, 6.45) is -1.07. The van der Waals surface area contributed by atoms with Crippen LogP contribution in [0, 0.1) is 0 Å². The molecule has 33 heavy (non-hydrogen) atoms. The number of piperazine rings is 1. The van der Waals surface area contributed by atoms with E-state index in [0.717, 1.165) is 28.1 Å². The molecule has 3 aromatic rings. The van der Waals surface area contributed by atoms with Gasteiger partial charge in [0.2, 0.25) is 5.91 Å². The molecular weight excluding hydrogens is 422 g/mol. The minimum Gasteiger partial charge on any atom is -0.465 e. The number of benzene rings is 2. The van der Waals surface area contributed by atoms with Crippen molar-refractivity contribution in [3.05, 3.63) is 48.5 Å². The smallest absolute Gasteiger partial charge is 0.408 e. The highest BCUT2D eigenvalue weighted by Gasteiger charge is 2.36. The Balaban J connectivity index is 1.29. The van der Waals surface area contributed by atoms with E-state index in [9.17, 15) is 14.7 Å². The number of nitrogens with zero attached hydrogens (tertiary/aromatic N) is 5. The number of rotatable bonds is 3. The largest absolute Gasteiger partial charge is 0.465 e. The zero-order valence-corrected chi connectivity index (χ0v) is 18.6. The fourth-order valence-corrected chi connectivity index (χ4v) is 4.68. The summed E-state index contributed by atoms with van der Waals surface area (Å²) in [4.78, 5) is 34.5. The average Bonchev–Trinajstić information content (AvgIpc) is 3.20. The van der Waals surface area contributed by atoms with Crippen LogP contribution in [-0.4, -0.2) is 88.4 Å². The van der Waals surface area contributed by atoms with Crippen LogP contribution in [0.1, 0.15) is 0 Å². The Labute approximate surface area is 191 Å². The molecule has 9 nitrogen and oxygen atoms in total. The van der Waals surface area contributed by atoms with Gasteiger partial charge in [-0.2, -0.15) is 0 Å². The van der Waals surface area contributed by atoms with E-state index in [-0.39, 0.29) is 19.1 Å². The number of aryl methyl sites for hydroxylation is 1. The standard InChI is InChI=1S/C24H27N5O4/c1-26-20-8-3-2-7-19(20)25-22(26)17-5-4-6-18(15-17)27-9-11-28(12-10-27)23(30)21-16-33-14-13-29(21)24(31)32/h2-8,15,21H,9-14,16H2,1H3,(H,31,32). The normalized spacial score (nSPS) is 19.2. The van der Waals surface area contributed by atoms with E-state index in [0.29, 0.717) is 32.8 Å². The topological polar surface area (TPSA) is 91.1 Å². The number of carbonyl (C=O) groups is 2. The number of carboxylic acid groups (broad SMARTS) is 1. The number of fused-ring (bicyclic) bond motifs is 1. The lowest BCUT2D eigenvalue weighted by Gasteiger charge is -2.40. The number of morpholine rings is 1. The van der Waals surface area contributed by atoms with E-state index < -0.39 is 12.1 Å². The van der Waals surface area contributed by atoms with Crippen LogP contribution in [-0.2, 0) is 16.6 Å². The molecule has 5 rings (SSSR count). The molecule has 2 aliphatic heterocycles. The van der Waals surface area contributed by atoms with Crippen LogP contribution >= 0.6 is 0 Å². The third-order valence-electron chi connectivity index (χ3n) is 6.51. The molecule has 0 bridgehead atoms. The molecule has 2 aliphatic rings. The number of hydrogen-bond donors (Lipinski definition) is 1. The molecule has 2 amide bonds. The highest BCUT2D eigenvalue weighted by atomic mass is 16.5. The van der Waals surface area contributed by atoms with Gasteiger partial charge in [-0.05, 0) is 24.3 Å². The molecule has 0 radical (unpaired) electrons. The predicted octanol–water partition coefficient (Wildman–Crippen LogP) is 2.27. The Hall–Kier alpha value is -3.59. The van der Waals surface area contributed by atoms with Crippen LogP contribution in [0.5, 0.6) is 0 Å². The number of aromatic nitrogens is 2. The highest BCUT2D eigenvalue weighted by Crippen LogP contribution is 2.27. The Kier molecular flexibility index (Phi) is 5.63. The second kappa shape index (κ2) is 8.74. The molecule has 1 unspecified atom stereocenters. The molecule has 2 aromatic carbocycles. The maximum Gasteiger partial charge on any atom is 0.408 e. The van der Waals surface area contributed by atoms with Gasteiger partial charge in [-0.25, -0.2) is 9.78 Å². The molecule has 1 atom stereocenters. The van der Waals surface area contributed by atoms with Crippen molar-refractivity contribution in [1.82, 2.24) is 19.4 Å². The van der Waals surface area contributed by atoms with Crippen LogP contribution in [0.15, 0.2) is 48.5 Å². The number of hydrogen-bond acceptors (Lipinski definition) is 5. The fourth-order valence-electron chi connectivity index (χ4n) is 4.68. The molecule has 172 valence electrons. The summed E-state index contributed by atoms with van der Waals surface area (Å²) in [6, 6.07) is 15.6. The van der Waals surface area contributed by atoms with E-state index >= 15 is 0 Å². The first-order valence-corrected chi connectivity index (χ1v) is 11.2. The maximum atomic E-state index is 13.0. The first kappa shape index (κ1) is 21.3. The van der Waals surface area contributed by atoms with Gasteiger partial charge in [0, 0.05) is 51.0 Å². The van der Waals surface area contributed by atoms with Gasteiger partial charge in [-0.1, -0.05) is 24.3 Å². The van der Waals surface area contributed by atoms with Crippen LogP contribution in [0.2, 0.25) is 0 Å². The van der Waals surface area contributed by atoms with E-state index in [1.54, 1.807) is 4.90 Å². The monoisotopic (exact) mass is 449 g/mol. The minimum absolute atomic E-state index is 0.116.